The maximum Gasteiger partial charge on any atom is 0.227 e. The van der Waals surface area contributed by atoms with Gasteiger partial charge in [-0.3, -0.25) is 4.79 Å². The number of hydrogen-bond donors (Lipinski definition) is 0. The Labute approximate surface area is 102 Å². The van der Waals surface area contributed by atoms with E-state index in [9.17, 15) is 13.2 Å². The van der Waals surface area contributed by atoms with E-state index in [1.54, 1.807) is 4.90 Å². The van der Waals surface area contributed by atoms with Crippen LogP contribution in [-0.4, -0.2) is 49.2 Å². The van der Waals surface area contributed by atoms with E-state index < -0.39 is 9.84 Å². The molecular formula is C10H18ClNO3S. The minimum absolute atomic E-state index is 0.00264. The Kier molecular flexibility index (Phi) is 4.62. The van der Waals surface area contributed by atoms with E-state index in [0.29, 0.717) is 18.8 Å². The normalized spacial score (nSPS) is 23.6. The molecule has 1 amide bonds. The molecule has 16 heavy (non-hydrogen) atoms. The third kappa shape index (κ3) is 3.35. The summed E-state index contributed by atoms with van der Waals surface area (Å²) in [7, 11) is -3.00. The first-order chi connectivity index (χ1) is 7.37. The van der Waals surface area contributed by atoms with Gasteiger partial charge in [0.2, 0.25) is 5.91 Å². The lowest BCUT2D eigenvalue weighted by Crippen LogP contribution is -2.42. The number of hydrogen-bond acceptors (Lipinski definition) is 3. The van der Waals surface area contributed by atoms with Gasteiger partial charge >= 0.3 is 0 Å². The summed E-state index contributed by atoms with van der Waals surface area (Å²) < 4.78 is 22.6. The van der Waals surface area contributed by atoms with Crippen molar-refractivity contribution in [2.75, 3.05) is 23.9 Å². The lowest BCUT2D eigenvalue weighted by molar-refractivity contribution is -0.136. The van der Waals surface area contributed by atoms with Crippen molar-refractivity contribution in [3.05, 3.63) is 0 Å². The van der Waals surface area contributed by atoms with Gasteiger partial charge in [-0.15, -0.1) is 11.6 Å². The lowest BCUT2D eigenvalue weighted by Gasteiger charge is -2.28. The summed E-state index contributed by atoms with van der Waals surface area (Å²) in [6.45, 7) is 4.30. The molecule has 0 aliphatic carbocycles. The SMILES string of the molecule is CC(C)N(CCCl)C(=O)C1CCS(=O)(=O)C1. The maximum absolute atomic E-state index is 12.1. The van der Waals surface area contributed by atoms with Crippen molar-refractivity contribution < 1.29 is 13.2 Å². The van der Waals surface area contributed by atoms with Crippen molar-refractivity contribution in [2.45, 2.75) is 26.3 Å². The highest BCUT2D eigenvalue weighted by Gasteiger charge is 2.35. The number of rotatable bonds is 4. The van der Waals surface area contributed by atoms with E-state index >= 15 is 0 Å². The van der Waals surface area contributed by atoms with Gasteiger partial charge in [0.25, 0.3) is 0 Å². The predicted octanol–water partition coefficient (Wildman–Crippen LogP) is 0.897. The number of carbonyl (C=O) groups is 1. The third-order valence-corrected chi connectivity index (χ3v) is 4.75. The number of sulfone groups is 1. The third-order valence-electron chi connectivity index (χ3n) is 2.81. The largest absolute Gasteiger partial charge is 0.339 e. The molecule has 0 bridgehead atoms. The molecule has 1 aliphatic rings. The molecule has 1 heterocycles. The fourth-order valence-electron chi connectivity index (χ4n) is 1.94. The first-order valence-corrected chi connectivity index (χ1v) is 7.80. The van der Waals surface area contributed by atoms with Crippen LogP contribution in [-0.2, 0) is 14.6 Å². The van der Waals surface area contributed by atoms with Crippen LogP contribution in [0.2, 0.25) is 0 Å². The minimum Gasteiger partial charge on any atom is -0.339 e. The molecule has 1 rings (SSSR count). The zero-order chi connectivity index (χ0) is 12.3. The summed E-state index contributed by atoms with van der Waals surface area (Å²) in [4.78, 5) is 13.7. The van der Waals surface area contributed by atoms with Crippen LogP contribution in [0.25, 0.3) is 0 Å². The van der Waals surface area contributed by atoms with E-state index in [4.69, 9.17) is 11.6 Å². The molecule has 0 aromatic rings. The van der Waals surface area contributed by atoms with Crippen LogP contribution in [0.15, 0.2) is 0 Å². The van der Waals surface area contributed by atoms with Crippen molar-refractivity contribution in [1.29, 1.82) is 0 Å². The van der Waals surface area contributed by atoms with Gasteiger partial charge in [0, 0.05) is 18.5 Å². The molecule has 6 heteroatoms. The first kappa shape index (κ1) is 13.8. The molecule has 1 fully saturated rings. The zero-order valence-corrected chi connectivity index (χ0v) is 11.2. The summed E-state index contributed by atoms with van der Waals surface area (Å²) in [5.41, 5.74) is 0. The van der Waals surface area contributed by atoms with Crippen molar-refractivity contribution >= 4 is 27.3 Å². The molecule has 0 radical (unpaired) electrons. The van der Waals surface area contributed by atoms with Gasteiger partial charge in [0.05, 0.1) is 17.4 Å². The van der Waals surface area contributed by atoms with Gasteiger partial charge in [0.1, 0.15) is 0 Å². The number of alkyl halides is 1. The first-order valence-electron chi connectivity index (χ1n) is 5.44. The van der Waals surface area contributed by atoms with E-state index in [1.807, 2.05) is 13.8 Å². The molecule has 0 aromatic carbocycles. The highest BCUT2D eigenvalue weighted by atomic mass is 35.5. The monoisotopic (exact) mass is 267 g/mol. The smallest absolute Gasteiger partial charge is 0.227 e. The number of nitrogens with zero attached hydrogens (tertiary/aromatic N) is 1. The Morgan fingerprint density at radius 3 is 2.50 bits per heavy atom. The van der Waals surface area contributed by atoms with Crippen molar-refractivity contribution in [3.63, 3.8) is 0 Å². The van der Waals surface area contributed by atoms with E-state index in [2.05, 4.69) is 0 Å². The number of carbonyl (C=O) groups excluding carboxylic acids is 1. The minimum atomic E-state index is -3.00. The second kappa shape index (κ2) is 5.36. The Balaban J connectivity index is 2.69. The van der Waals surface area contributed by atoms with Crippen LogP contribution in [0.5, 0.6) is 0 Å². The van der Waals surface area contributed by atoms with E-state index in [-0.39, 0.29) is 29.4 Å². The standard InChI is InChI=1S/C10H18ClNO3S/c1-8(2)12(5-4-11)10(13)9-3-6-16(14,15)7-9/h8-9H,3-7H2,1-2H3. The quantitative estimate of drug-likeness (QED) is 0.711. The number of amides is 1. The summed E-state index contributed by atoms with van der Waals surface area (Å²) in [6.07, 6.45) is 0.451. The van der Waals surface area contributed by atoms with Gasteiger partial charge in [-0.25, -0.2) is 8.42 Å². The number of halogens is 1. The molecule has 1 saturated heterocycles. The fraction of sp³-hybridized carbons (Fsp3) is 0.900. The Bertz CT molecular complexity index is 353. The Morgan fingerprint density at radius 2 is 2.12 bits per heavy atom. The fourth-order valence-corrected chi connectivity index (χ4v) is 3.85. The average molecular weight is 268 g/mol. The molecule has 0 aromatic heterocycles. The Hall–Kier alpha value is -0.290. The average Bonchev–Trinajstić information content (AvgIpc) is 2.53. The van der Waals surface area contributed by atoms with Gasteiger partial charge < -0.3 is 4.90 Å². The molecule has 1 aliphatic heterocycles. The second-order valence-corrected chi connectivity index (χ2v) is 7.02. The molecule has 4 nitrogen and oxygen atoms in total. The molecular weight excluding hydrogens is 250 g/mol. The highest BCUT2D eigenvalue weighted by molar-refractivity contribution is 7.91. The summed E-state index contributed by atoms with van der Waals surface area (Å²) in [6, 6.07) is 0.0644. The van der Waals surface area contributed by atoms with Crippen LogP contribution < -0.4 is 0 Å². The topological polar surface area (TPSA) is 54.5 Å². The molecule has 1 unspecified atom stereocenters. The summed E-state index contributed by atoms with van der Waals surface area (Å²) >= 11 is 5.64. The van der Waals surface area contributed by atoms with Gasteiger partial charge in [-0.2, -0.15) is 0 Å². The van der Waals surface area contributed by atoms with Gasteiger partial charge in [-0.05, 0) is 20.3 Å². The summed E-state index contributed by atoms with van der Waals surface area (Å²) in [5, 5.41) is 0. The van der Waals surface area contributed by atoms with E-state index in [0.717, 1.165) is 0 Å². The molecule has 0 saturated carbocycles. The second-order valence-electron chi connectivity index (χ2n) is 4.41. The van der Waals surface area contributed by atoms with Crippen LogP contribution in [0.4, 0.5) is 0 Å². The molecule has 0 spiro atoms. The van der Waals surface area contributed by atoms with Gasteiger partial charge in [-0.1, -0.05) is 0 Å². The summed E-state index contributed by atoms with van der Waals surface area (Å²) in [5.74, 6) is 0.0732. The molecule has 0 N–H and O–H groups in total. The van der Waals surface area contributed by atoms with Crippen LogP contribution in [0.1, 0.15) is 20.3 Å². The van der Waals surface area contributed by atoms with Crippen molar-refractivity contribution in [1.82, 2.24) is 4.90 Å². The molecule has 94 valence electrons. The Morgan fingerprint density at radius 1 is 1.50 bits per heavy atom. The highest BCUT2D eigenvalue weighted by Crippen LogP contribution is 2.21. The van der Waals surface area contributed by atoms with Crippen LogP contribution in [0, 0.1) is 5.92 Å². The predicted molar refractivity (Wildman–Crippen MR) is 64.3 cm³/mol. The van der Waals surface area contributed by atoms with Crippen molar-refractivity contribution in [3.8, 4) is 0 Å². The molecule has 1 atom stereocenters. The maximum atomic E-state index is 12.1. The van der Waals surface area contributed by atoms with Crippen LogP contribution >= 0.6 is 11.6 Å². The zero-order valence-electron chi connectivity index (χ0n) is 9.65. The van der Waals surface area contributed by atoms with Gasteiger partial charge in [0.15, 0.2) is 9.84 Å². The van der Waals surface area contributed by atoms with E-state index in [1.165, 1.54) is 0 Å². The van der Waals surface area contributed by atoms with Crippen LogP contribution in [0.3, 0.4) is 0 Å². The lowest BCUT2D eigenvalue weighted by atomic mass is 10.1. The van der Waals surface area contributed by atoms with Crippen molar-refractivity contribution in [2.24, 2.45) is 5.92 Å².